The van der Waals surface area contributed by atoms with Gasteiger partial charge in [-0.2, -0.15) is 0 Å². The van der Waals surface area contributed by atoms with E-state index >= 15 is 0 Å². The normalized spacial score (nSPS) is 11.7. The third-order valence-electron chi connectivity index (χ3n) is 4.87. The average Bonchev–Trinajstić information content (AvgIpc) is 2.60. The molecule has 0 aromatic carbocycles. The van der Waals surface area contributed by atoms with Gasteiger partial charge in [0.2, 0.25) is 0 Å². The van der Waals surface area contributed by atoms with E-state index in [1.165, 1.54) is 77.0 Å². The zero-order valence-electron chi connectivity index (χ0n) is 17.2. The lowest BCUT2D eigenvalue weighted by Crippen LogP contribution is -2.37. The summed E-state index contributed by atoms with van der Waals surface area (Å²) in [6.07, 6.45) is 18.2. The number of halogens is 1. The van der Waals surface area contributed by atoms with Crippen molar-refractivity contribution in [2.24, 2.45) is 0 Å². The van der Waals surface area contributed by atoms with Gasteiger partial charge in [-0.25, -0.2) is 0 Å². The van der Waals surface area contributed by atoms with E-state index in [9.17, 15) is 9.59 Å². The van der Waals surface area contributed by atoms with Gasteiger partial charge in [0.25, 0.3) is 0 Å². The van der Waals surface area contributed by atoms with E-state index in [0.717, 1.165) is 12.8 Å². The second-order valence-corrected chi connectivity index (χ2v) is 7.37. The summed E-state index contributed by atoms with van der Waals surface area (Å²) in [6.45, 7) is 2.90. The second-order valence-electron chi connectivity index (χ2n) is 7.37. The highest BCUT2D eigenvalue weighted by atomic mass is 79.9. The van der Waals surface area contributed by atoms with Crippen LogP contribution in [0.1, 0.15) is 110 Å². The Kier molecular flexibility index (Phi) is 23.0. The fraction of sp³-hybridized carbons (Fsp3) is 0.905. The zero-order valence-corrected chi connectivity index (χ0v) is 18.9. The van der Waals surface area contributed by atoms with E-state index in [1.807, 2.05) is 0 Å². The Morgan fingerprint density at radius 2 is 1.15 bits per heavy atom. The summed E-state index contributed by atoms with van der Waals surface area (Å²) >= 11 is 0. The van der Waals surface area contributed by atoms with Crippen molar-refractivity contribution in [3.05, 3.63) is 0 Å². The first kappa shape index (κ1) is 28.6. The Bertz CT molecular complexity index is 353. The van der Waals surface area contributed by atoms with Crippen LogP contribution in [0.4, 0.5) is 0 Å². The summed E-state index contributed by atoms with van der Waals surface area (Å²) in [6, 6.07) is -0.743. The number of unbranched alkanes of at least 4 members (excludes halogenated alkanes) is 13. The zero-order chi connectivity index (χ0) is 19.5. The van der Waals surface area contributed by atoms with Gasteiger partial charge in [0.05, 0.1) is 0 Å². The molecule has 0 radical (unpaired) electrons. The summed E-state index contributed by atoms with van der Waals surface area (Å²) in [5.74, 6) is -1.91. The standard InChI is InChI=1S/C21H41NO4.BrH/c1-2-3-4-5-6-7-8-9-10-11-12-13-14-15-18-22-19(21(25)26)16-17-20(23)24;/h19,22H,2-18H2,1H3,(H,23,24)(H,25,26);1H/t19-;/m0./s1. The molecule has 162 valence electrons. The molecule has 0 bridgehead atoms. The maximum atomic E-state index is 11.0. The van der Waals surface area contributed by atoms with Crippen LogP contribution in [0.3, 0.4) is 0 Å². The molecule has 0 aromatic heterocycles. The number of rotatable bonds is 20. The van der Waals surface area contributed by atoms with E-state index in [2.05, 4.69) is 12.2 Å². The van der Waals surface area contributed by atoms with Gasteiger partial charge in [0.1, 0.15) is 6.04 Å². The van der Waals surface area contributed by atoms with Crippen LogP contribution in [0.2, 0.25) is 0 Å². The molecule has 0 fully saturated rings. The van der Waals surface area contributed by atoms with Crippen molar-refractivity contribution in [1.29, 1.82) is 0 Å². The van der Waals surface area contributed by atoms with Crippen LogP contribution < -0.4 is 5.32 Å². The molecule has 0 heterocycles. The van der Waals surface area contributed by atoms with Gasteiger partial charge < -0.3 is 15.5 Å². The molecule has 3 N–H and O–H groups in total. The molecule has 0 aliphatic heterocycles. The molecule has 5 nitrogen and oxygen atoms in total. The molecule has 0 aromatic rings. The predicted octanol–water partition coefficient (Wildman–Crippen LogP) is 5.95. The molecule has 0 aliphatic carbocycles. The highest BCUT2D eigenvalue weighted by Crippen LogP contribution is 2.12. The smallest absolute Gasteiger partial charge is 0.320 e. The Balaban J connectivity index is 0. The van der Waals surface area contributed by atoms with Crippen LogP contribution in [0.25, 0.3) is 0 Å². The van der Waals surface area contributed by atoms with Gasteiger partial charge >= 0.3 is 11.9 Å². The van der Waals surface area contributed by atoms with Crippen molar-refractivity contribution in [3.8, 4) is 0 Å². The Morgan fingerprint density at radius 1 is 0.741 bits per heavy atom. The summed E-state index contributed by atoms with van der Waals surface area (Å²) in [5, 5.41) is 20.6. The minimum atomic E-state index is -0.961. The lowest BCUT2D eigenvalue weighted by atomic mass is 10.0. The number of aliphatic carboxylic acids is 2. The number of hydrogen-bond donors (Lipinski definition) is 3. The second kappa shape index (κ2) is 21.7. The molecule has 0 rings (SSSR count). The number of hydrogen-bond acceptors (Lipinski definition) is 3. The van der Waals surface area contributed by atoms with Crippen LogP contribution in [-0.2, 0) is 9.59 Å². The van der Waals surface area contributed by atoms with Crippen LogP contribution in [-0.4, -0.2) is 34.7 Å². The van der Waals surface area contributed by atoms with Crippen molar-refractivity contribution in [2.75, 3.05) is 6.54 Å². The Hall–Kier alpha value is -0.620. The van der Waals surface area contributed by atoms with Crippen molar-refractivity contribution in [1.82, 2.24) is 5.32 Å². The number of carboxylic acids is 2. The average molecular weight is 452 g/mol. The Labute approximate surface area is 176 Å². The fourth-order valence-electron chi connectivity index (χ4n) is 3.18. The number of nitrogens with one attached hydrogen (secondary N) is 1. The first-order valence-corrected chi connectivity index (χ1v) is 10.8. The fourth-order valence-corrected chi connectivity index (χ4v) is 3.18. The highest BCUT2D eigenvalue weighted by molar-refractivity contribution is 8.93. The van der Waals surface area contributed by atoms with Crippen LogP contribution in [0.5, 0.6) is 0 Å². The Morgan fingerprint density at radius 3 is 1.52 bits per heavy atom. The topological polar surface area (TPSA) is 86.6 Å². The van der Waals surface area contributed by atoms with Gasteiger partial charge in [-0.15, -0.1) is 17.0 Å². The molecular formula is C21H42BrNO4. The van der Waals surface area contributed by atoms with Crippen LogP contribution >= 0.6 is 17.0 Å². The van der Waals surface area contributed by atoms with Gasteiger partial charge in [0.15, 0.2) is 0 Å². The minimum absolute atomic E-state index is 0. The summed E-state index contributed by atoms with van der Waals surface area (Å²) in [5.41, 5.74) is 0. The molecule has 0 amide bonds. The van der Waals surface area contributed by atoms with Gasteiger partial charge in [0, 0.05) is 6.42 Å². The predicted molar refractivity (Wildman–Crippen MR) is 117 cm³/mol. The molecule has 0 saturated heterocycles. The quantitative estimate of drug-likeness (QED) is 0.199. The van der Waals surface area contributed by atoms with E-state index in [-0.39, 0.29) is 29.8 Å². The monoisotopic (exact) mass is 451 g/mol. The summed E-state index contributed by atoms with van der Waals surface area (Å²) in [7, 11) is 0. The van der Waals surface area contributed by atoms with E-state index < -0.39 is 18.0 Å². The van der Waals surface area contributed by atoms with Gasteiger partial charge in [-0.05, 0) is 19.4 Å². The molecule has 0 aliphatic rings. The minimum Gasteiger partial charge on any atom is -0.481 e. The summed E-state index contributed by atoms with van der Waals surface area (Å²) in [4.78, 5) is 21.6. The highest BCUT2D eigenvalue weighted by Gasteiger charge is 2.17. The molecule has 27 heavy (non-hydrogen) atoms. The molecular weight excluding hydrogens is 410 g/mol. The lowest BCUT2D eigenvalue weighted by Gasteiger charge is -2.13. The molecule has 0 spiro atoms. The summed E-state index contributed by atoms with van der Waals surface area (Å²) < 4.78 is 0. The van der Waals surface area contributed by atoms with Crippen molar-refractivity contribution in [3.63, 3.8) is 0 Å². The third kappa shape index (κ3) is 21.5. The van der Waals surface area contributed by atoms with Crippen LogP contribution in [0, 0.1) is 0 Å². The molecule has 6 heteroatoms. The van der Waals surface area contributed by atoms with Gasteiger partial charge in [-0.3, -0.25) is 9.59 Å². The molecule has 1 atom stereocenters. The number of carbonyl (C=O) groups is 2. The largest absolute Gasteiger partial charge is 0.481 e. The first-order chi connectivity index (χ1) is 12.6. The van der Waals surface area contributed by atoms with Crippen molar-refractivity contribution < 1.29 is 19.8 Å². The van der Waals surface area contributed by atoms with E-state index in [0.29, 0.717) is 6.54 Å². The SMILES string of the molecule is Br.CCCCCCCCCCCCCCCCN[C@@H](CCC(=O)O)C(=O)O. The van der Waals surface area contributed by atoms with E-state index in [1.54, 1.807) is 0 Å². The third-order valence-corrected chi connectivity index (χ3v) is 4.87. The lowest BCUT2D eigenvalue weighted by molar-refractivity contribution is -0.140. The van der Waals surface area contributed by atoms with Crippen molar-refractivity contribution >= 4 is 28.9 Å². The maximum absolute atomic E-state index is 11.0. The van der Waals surface area contributed by atoms with Crippen molar-refractivity contribution in [2.45, 2.75) is 116 Å². The maximum Gasteiger partial charge on any atom is 0.320 e. The van der Waals surface area contributed by atoms with E-state index in [4.69, 9.17) is 10.2 Å². The van der Waals surface area contributed by atoms with Gasteiger partial charge in [-0.1, -0.05) is 90.4 Å². The molecule has 0 unspecified atom stereocenters. The molecule has 0 saturated carbocycles. The first-order valence-electron chi connectivity index (χ1n) is 10.8. The van der Waals surface area contributed by atoms with Crippen LogP contribution in [0.15, 0.2) is 0 Å². The number of carboxylic acid groups (broad SMARTS) is 2.